The van der Waals surface area contributed by atoms with Crippen molar-refractivity contribution in [3.8, 4) is 11.4 Å². The second kappa shape index (κ2) is 8.71. The molecule has 1 aromatic carbocycles. The molecule has 7 nitrogen and oxygen atoms in total. The Kier molecular flexibility index (Phi) is 5.84. The van der Waals surface area contributed by atoms with Crippen LogP contribution in [0.2, 0.25) is 0 Å². The Hall–Kier alpha value is -3.48. The highest BCUT2D eigenvalue weighted by Crippen LogP contribution is 2.33. The lowest BCUT2D eigenvalue weighted by Gasteiger charge is -2.23. The number of hydrogen-bond acceptors (Lipinski definition) is 5. The highest BCUT2D eigenvalue weighted by Gasteiger charge is 2.27. The fraction of sp³-hybridized carbons (Fsp3) is 0.333. The van der Waals surface area contributed by atoms with E-state index < -0.39 is 0 Å². The van der Waals surface area contributed by atoms with Crippen LogP contribution in [0.5, 0.6) is 0 Å². The third-order valence-electron chi connectivity index (χ3n) is 5.39. The molecule has 0 saturated heterocycles. The van der Waals surface area contributed by atoms with Crippen LogP contribution in [-0.4, -0.2) is 50.0 Å². The van der Waals surface area contributed by atoms with Gasteiger partial charge in [-0.1, -0.05) is 44.2 Å². The van der Waals surface area contributed by atoms with Gasteiger partial charge in [-0.2, -0.15) is 0 Å². The van der Waals surface area contributed by atoms with Crippen LogP contribution in [-0.2, 0) is 0 Å². The molecule has 0 saturated carbocycles. The van der Waals surface area contributed by atoms with Gasteiger partial charge in [0.2, 0.25) is 0 Å². The molecule has 7 heteroatoms. The fourth-order valence-corrected chi connectivity index (χ4v) is 3.80. The summed E-state index contributed by atoms with van der Waals surface area (Å²) in [7, 11) is 0. The van der Waals surface area contributed by atoms with Gasteiger partial charge in [0.25, 0.3) is 5.91 Å². The van der Waals surface area contributed by atoms with Gasteiger partial charge in [-0.3, -0.25) is 9.20 Å². The second-order valence-electron chi connectivity index (χ2n) is 7.93. The summed E-state index contributed by atoms with van der Waals surface area (Å²) < 4.78 is 1.90. The van der Waals surface area contributed by atoms with Gasteiger partial charge in [-0.05, 0) is 31.9 Å². The van der Waals surface area contributed by atoms with Crippen LogP contribution in [0.3, 0.4) is 0 Å². The molecule has 0 aliphatic heterocycles. The molecule has 0 fully saturated rings. The molecule has 0 aliphatic carbocycles. The van der Waals surface area contributed by atoms with Crippen molar-refractivity contribution in [3.05, 3.63) is 54.2 Å². The number of anilines is 1. The van der Waals surface area contributed by atoms with E-state index in [0.717, 1.165) is 28.8 Å². The zero-order valence-corrected chi connectivity index (χ0v) is 18.5. The number of carbonyl (C=O) groups excluding carboxylic acids is 1. The molecule has 0 unspecified atom stereocenters. The van der Waals surface area contributed by atoms with Crippen molar-refractivity contribution in [1.29, 1.82) is 0 Å². The van der Waals surface area contributed by atoms with Crippen LogP contribution >= 0.6 is 0 Å². The van der Waals surface area contributed by atoms with Crippen LogP contribution < -0.4 is 5.32 Å². The van der Waals surface area contributed by atoms with E-state index in [1.807, 2.05) is 65.6 Å². The minimum absolute atomic E-state index is 0.0565. The van der Waals surface area contributed by atoms with Crippen molar-refractivity contribution >= 4 is 28.3 Å². The summed E-state index contributed by atoms with van der Waals surface area (Å²) in [4.78, 5) is 20.1. The lowest BCUT2D eigenvalue weighted by Crippen LogP contribution is -2.32. The lowest BCUT2D eigenvalue weighted by molar-refractivity contribution is 0.0775. The summed E-state index contributed by atoms with van der Waals surface area (Å²) >= 11 is 0. The average Bonchev–Trinajstić information content (AvgIpc) is 3.23. The van der Waals surface area contributed by atoms with Gasteiger partial charge in [-0.15, -0.1) is 10.2 Å². The number of pyridine rings is 2. The van der Waals surface area contributed by atoms with E-state index in [2.05, 4.69) is 34.3 Å². The summed E-state index contributed by atoms with van der Waals surface area (Å²) in [6.07, 6.45) is 1.76. The van der Waals surface area contributed by atoms with Gasteiger partial charge in [0.1, 0.15) is 11.2 Å². The first-order chi connectivity index (χ1) is 15.1. The summed E-state index contributed by atoms with van der Waals surface area (Å²) in [5.74, 6) is 1.03. The maximum atomic E-state index is 13.7. The van der Waals surface area contributed by atoms with Crippen LogP contribution in [0.4, 0.5) is 5.69 Å². The molecular weight excluding hydrogens is 388 g/mol. The Morgan fingerprint density at radius 1 is 1.03 bits per heavy atom. The van der Waals surface area contributed by atoms with E-state index in [1.165, 1.54) is 0 Å². The second-order valence-corrected chi connectivity index (χ2v) is 7.93. The Labute approximate surface area is 182 Å². The van der Waals surface area contributed by atoms with Crippen molar-refractivity contribution in [1.82, 2.24) is 24.5 Å². The third kappa shape index (κ3) is 3.71. The molecule has 4 rings (SSSR count). The zero-order valence-electron chi connectivity index (χ0n) is 18.5. The fourth-order valence-electron chi connectivity index (χ4n) is 3.80. The number of nitrogens with one attached hydrogen (secondary N) is 1. The van der Waals surface area contributed by atoms with Gasteiger partial charge in [0.15, 0.2) is 11.5 Å². The molecule has 0 radical (unpaired) electrons. The van der Waals surface area contributed by atoms with E-state index in [0.29, 0.717) is 36.0 Å². The van der Waals surface area contributed by atoms with Crippen molar-refractivity contribution in [2.45, 2.75) is 27.7 Å². The third-order valence-corrected chi connectivity index (χ3v) is 5.39. The first-order valence-electron chi connectivity index (χ1n) is 10.8. The molecule has 31 heavy (non-hydrogen) atoms. The van der Waals surface area contributed by atoms with Crippen LogP contribution in [0, 0.1) is 5.92 Å². The smallest absolute Gasteiger partial charge is 0.259 e. The highest BCUT2D eigenvalue weighted by molar-refractivity contribution is 6.12. The molecule has 0 atom stereocenters. The standard InChI is InChI=1S/C24H28N6O/c1-5-29(6-2)24(31)19-20(26-15-16(3)4)18-13-10-14-25-22(18)30-21(27-28-23(19)30)17-11-8-7-9-12-17/h7-14,16,26H,5-6,15H2,1-4H3. The Morgan fingerprint density at radius 2 is 1.77 bits per heavy atom. The summed E-state index contributed by atoms with van der Waals surface area (Å²) in [6, 6.07) is 13.8. The highest BCUT2D eigenvalue weighted by atomic mass is 16.2. The topological polar surface area (TPSA) is 75.4 Å². The van der Waals surface area contributed by atoms with Crippen LogP contribution in [0.15, 0.2) is 48.7 Å². The van der Waals surface area contributed by atoms with Crippen LogP contribution in [0.1, 0.15) is 38.1 Å². The zero-order chi connectivity index (χ0) is 22.0. The van der Waals surface area contributed by atoms with E-state index in [-0.39, 0.29) is 5.91 Å². The number of aromatic nitrogens is 4. The summed E-state index contributed by atoms with van der Waals surface area (Å²) in [5.41, 5.74) is 3.48. The summed E-state index contributed by atoms with van der Waals surface area (Å²) in [6.45, 7) is 10.2. The Bertz CT molecular complexity index is 1210. The molecule has 0 aliphatic rings. The lowest BCUT2D eigenvalue weighted by atomic mass is 10.1. The quantitative estimate of drug-likeness (QED) is 0.480. The first-order valence-corrected chi connectivity index (χ1v) is 10.8. The van der Waals surface area contributed by atoms with Gasteiger partial charge >= 0.3 is 0 Å². The predicted octanol–water partition coefficient (Wildman–Crippen LogP) is 4.49. The first kappa shape index (κ1) is 20.8. The van der Waals surface area contributed by atoms with Gasteiger partial charge in [-0.25, -0.2) is 4.98 Å². The Morgan fingerprint density at radius 3 is 2.45 bits per heavy atom. The van der Waals surface area contributed by atoms with Crippen molar-refractivity contribution in [2.24, 2.45) is 5.92 Å². The largest absolute Gasteiger partial charge is 0.383 e. The van der Waals surface area contributed by atoms with E-state index >= 15 is 0 Å². The van der Waals surface area contributed by atoms with E-state index in [9.17, 15) is 4.79 Å². The van der Waals surface area contributed by atoms with Crippen molar-refractivity contribution in [3.63, 3.8) is 0 Å². The predicted molar refractivity (Wildman–Crippen MR) is 124 cm³/mol. The minimum atomic E-state index is -0.0565. The number of carbonyl (C=O) groups is 1. The molecule has 4 aromatic rings. The van der Waals surface area contributed by atoms with E-state index in [4.69, 9.17) is 0 Å². The minimum Gasteiger partial charge on any atom is -0.383 e. The maximum absolute atomic E-state index is 13.7. The SMILES string of the molecule is CCN(CC)C(=O)c1c(NCC(C)C)c2cccnc2n2c(-c3ccccc3)nnc12. The monoisotopic (exact) mass is 416 g/mol. The number of nitrogens with zero attached hydrogens (tertiary/aromatic N) is 5. The molecule has 160 valence electrons. The average molecular weight is 417 g/mol. The van der Waals surface area contributed by atoms with Gasteiger partial charge in [0, 0.05) is 36.8 Å². The van der Waals surface area contributed by atoms with Crippen molar-refractivity contribution in [2.75, 3.05) is 25.0 Å². The van der Waals surface area contributed by atoms with Gasteiger partial charge < -0.3 is 10.2 Å². The molecule has 0 spiro atoms. The van der Waals surface area contributed by atoms with E-state index in [1.54, 1.807) is 6.20 Å². The molecule has 1 N–H and O–H groups in total. The molecule has 3 heterocycles. The number of rotatable bonds is 7. The van der Waals surface area contributed by atoms with Crippen molar-refractivity contribution < 1.29 is 4.79 Å². The summed E-state index contributed by atoms with van der Waals surface area (Å²) in [5, 5.41) is 13.4. The molecule has 3 aromatic heterocycles. The van der Waals surface area contributed by atoms with Crippen LogP contribution in [0.25, 0.3) is 28.1 Å². The Balaban J connectivity index is 2.09. The number of amides is 1. The normalized spacial score (nSPS) is 11.4. The molecular formula is C24H28N6O. The van der Waals surface area contributed by atoms with Gasteiger partial charge in [0.05, 0.1) is 5.69 Å². The molecule has 0 bridgehead atoms. The number of hydrogen-bond donors (Lipinski definition) is 1. The maximum Gasteiger partial charge on any atom is 0.259 e. The number of fused-ring (bicyclic) bond motifs is 3. The number of benzene rings is 1. The molecule has 1 amide bonds.